The third kappa shape index (κ3) is 3.80. The lowest BCUT2D eigenvalue weighted by molar-refractivity contribution is -0.122. The molecule has 1 amide bonds. The van der Waals surface area contributed by atoms with Crippen LogP contribution >= 0.6 is 11.6 Å². The molecule has 1 aromatic carbocycles. The van der Waals surface area contributed by atoms with Gasteiger partial charge in [-0.15, -0.1) is 0 Å². The predicted molar refractivity (Wildman–Crippen MR) is 108 cm³/mol. The van der Waals surface area contributed by atoms with Gasteiger partial charge in [0.05, 0.1) is 32.0 Å². The lowest BCUT2D eigenvalue weighted by Crippen LogP contribution is -2.38. The largest absolute Gasteiger partial charge is 0.493 e. The van der Waals surface area contributed by atoms with Crippen molar-refractivity contribution in [3.63, 3.8) is 0 Å². The van der Waals surface area contributed by atoms with Crippen LogP contribution in [0.15, 0.2) is 24.5 Å². The fraction of sp³-hybridized carbons (Fsp3) is 0.400. The number of methoxy groups -OCH3 is 3. The van der Waals surface area contributed by atoms with Gasteiger partial charge in [0.25, 0.3) is 0 Å². The van der Waals surface area contributed by atoms with Crippen molar-refractivity contribution >= 4 is 23.2 Å². The van der Waals surface area contributed by atoms with Crippen LogP contribution in [-0.4, -0.2) is 45.3 Å². The number of halogens is 1. The van der Waals surface area contributed by atoms with E-state index in [2.05, 4.69) is 9.88 Å². The normalized spacial score (nSPS) is 14.6. The van der Waals surface area contributed by atoms with Crippen LogP contribution < -0.4 is 24.8 Å². The molecule has 2 N–H and O–H groups in total. The minimum absolute atomic E-state index is 0.0958. The van der Waals surface area contributed by atoms with E-state index in [0.717, 1.165) is 16.8 Å². The molecule has 7 nitrogen and oxygen atoms in total. The topological polar surface area (TPSA) is 86.9 Å². The molecule has 0 bridgehead atoms. The minimum Gasteiger partial charge on any atom is -0.493 e. The SMILES string of the molecule is COc1cc(-c2cncc(Cl)c2N2CCC(C(N)=O)CC2)cc(OC)c1OC. The molecule has 1 aliphatic heterocycles. The monoisotopic (exact) mass is 405 g/mol. The Hall–Kier alpha value is -2.67. The Morgan fingerprint density at radius 1 is 1.11 bits per heavy atom. The number of ether oxygens (including phenoxy) is 3. The summed E-state index contributed by atoms with van der Waals surface area (Å²) in [7, 11) is 4.72. The standard InChI is InChI=1S/C20H24ClN3O4/c1-26-16-8-13(9-17(27-2)19(16)28-3)14-10-23-11-15(21)18(14)24-6-4-12(5-7-24)20(22)25/h8-12H,4-7H2,1-3H3,(H2,22,25). The molecule has 150 valence electrons. The fourth-order valence-corrected chi connectivity index (χ4v) is 3.86. The zero-order valence-electron chi connectivity index (χ0n) is 16.2. The number of nitrogens with two attached hydrogens (primary N) is 1. The van der Waals surface area contributed by atoms with Crippen molar-refractivity contribution in [1.82, 2.24) is 4.98 Å². The highest BCUT2D eigenvalue weighted by Crippen LogP contribution is 2.45. The second-order valence-corrected chi connectivity index (χ2v) is 7.00. The van der Waals surface area contributed by atoms with E-state index in [-0.39, 0.29) is 11.8 Å². The third-order valence-electron chi connectivity index (χ3n) is 5.06. The number of benzene rings is 1. The average molecular weight is 406 g/mol. The predicted octanol–water partition coefficient (Wildman–Crippen LogP) is 3.13. The summed E-state index contributed by atoms with van der Waals surface area (Å²) in [6, 6.07) is 3.74. The van der Waals surface area contributed by atoms with Crippen LogP contribution in [0.3, 0.4) is 0 Å². The zero-order chi connectivity index (χ0) is 20.3. The molecule has 0 unspecified atom stereocenters. The number of aromatic nitrogens is 1. The number of amides is 1. The first-order chi connectivity index (χ1) is 13.5. The summed E-state index contributed by atoms with van der Waals surface area (Å²) < 4.78 is 16.4. The van der Waals surface area contributed by atoms with Gasteiger partial charge >= 0.3 is 0 Å². The van der Waals surface area contributed by atoms with E-state index in [1.54, 1.807) is 33.7 Å². The molecule has 2 aromatic rings. The van der Waals surface area contributed by atoms with E-state index in [4.69, 9.17) is 31.5 Å². The van der Waals surface area contributed by atoms with Gasteiger partial charge in [-0.25, -0.2) is 0 Å². The Bertz CT molecular complexity index is 842. The van der Waals surface area contributed by atoms with Crippen molar-refractivity contribution < 1.29 is 19.0 Å². The second-order valence-electron chi connectivity index (χ2n) is 6.60. The maximum Gasteiger partial charge on any atom is 0.220 e. The van der Waals surface area contributed by atoms with E-state index in [9.17, 15) is 4.79 Å². The highest BCUT2D eigenvalue weighted by molar-refractivity contribution is 6.33. The molecule has 0 saturated carbocycles. The number of hydrogen-bond acceptors (Lipinski definition) is 6. The number of carbonyl (C=O) groups excluding carboxylic acids is 1. The average Bonchev–Trinajstić information content (AvgIpc) is 2.72. The van der Waals surface area contributed by atoms with Gasteiger partial charge in [0.15, 0.2) is 11.5 Å². The molecule has 3 rings (SSSR count). The first-order valence-electron chi connectivity index (χ1n) is 8.98. The van der Waals surface area contributed by atoms with Crippen LogP contribution in [0.25, 0.3) is 11.1 Å². The highest BCUT2D eigenvalue weighted by Gasteiger charge is 2.27. The van der Waals surface area contributed by atoms with Crippen LogP contribution in [0.5, 0.6) is 17.2 Å². The van der Waals surface area contributed by atoms with Crippen LogP contribution in [-0.2, 0) is 4.79 Å². The Morgan fingerprint density at radius 2 is 1.71 bits per heavy atom. The summed E-state index contributed by atoms with van der Waals surface area (Å²) in [6.07, 6.45) is 4.78. The number of nitrogens with zero attached hydrogens (tertiary/aromatic N) is 2. The molecule has 2 heterocycles. The third-order valence-corrected chi connectivity index (χ3v) is 5.34. The van der Waals surface area contributed by atoms with Gasteiger partial charge in [0.1, 0.15) is 0 Å². The van der Waals surface area contributed by atoms with Gasteiger partial charge in [-0.1, -0.05) is 11.6 Å². The van der Waals surface area contributed by atoms with Gasteiger partial charge < -0.3 is 24.8 Å². The molecule has 8 heteroatoms. The number of hydrogen-bond donors (Lipinski definition) is 1. The molecular weight excluding hydrogens is 382 g/mol. The number of primary amides is 1. The Morgan fingerprint density at radius 3 is 2.21 bits per heavy atom. The summed E-state index contributed by atoms with van der Waals surface area (Å²) >= 11 is 6.53. The van der Waals surface area contributed by atoms with E-state index in [1.807, 2.05) is 12.1 Å². The van der Waals surface area contributed by atoms with Crippen molar-refractivity contribution in [3.8, 4) is 28.4 Å². The molecule has 0 radical (unpaired) electrons. The summed E-state index contributed by atoms with van der Waals surface area (Å²) in [4.78, 5) is 17.9. The maximum atomic E-state index is 11.5. The zero-order valence-corrected chi connectivity index (χ0v) is 17.0. The van der Waals surface area contributed by atoms with E-state index >= 15 is 0 Å². The second kappa shape index (κ2) is 8.56. The lowest BCUT2D eigenvalue weighted by atomic mass is 9.95. The summed E-state index contributed by atoms with van der Waals surface area (Å²) in [5, 5.41) is 0.545. The molecule has 1 aromatic heterocycles. The van der Waals surface area contributed by atoms with Crippen LogP contribution in [0.1, 0.15) is 12.8 Å². The van der Waals surface area contributed by atoms with Crippen LogP contribution in [0.4, 0.5) is 5.69 Å². The summed E-state index contributed by atoms with van der Waals surface area (Å²) in [5.74, 6) is 1.28. The molecule has 28 heavy (non-hydrogen) atoms. The highest BCUT2D eigenvalue weighted by atomic mass is 35.5. The molecule has 0 atom stereocenters. The summed E-state index contributed by atoms with van der Waals surface area (Å²) in [5.41, 5.74) is 8.02. The van der Waals surface area contributed by atoms with Gasteiger partial charge in [0, 0.05) is 37.0 Å². The Balaban J connectivity index is 2.05. The summed E-state index contributed by atoms with van der Waals surface area (Å²) in [6.45, 7) is 1.38. The van der Waals surface area contributed by atoms with Gasteiger partial charge in [-0.2, -0.15) is 0 Å². The van der Waals surface area contributed by atoms with E-state index < -0.39 is 0 Å². The van der Waals surface area contributed by atoms with E-state index in [0.29, 0.717) is 48.2 Å². The molecule has 0 spiro atoms. The molecular formula is C20H24ClN3O4. The molecule has 1 saturated heterocycles. The number of carbonyl (C=O) groups is 1. The number of rotatable bonds is 6. The van der Waals surface area contributed by atoms with Crippen molar-refractivity contribution in [1.29, 1.82) is 0 Å². The minimum atomic E-state index is -0.245. The van der Waals surface area contributed by atoms with Crippen molar-refractivity contribution in [3.05, 3.63) is 29.5 Å². The molecule has 1 aliphatic rings. The smallest absolute Gasteiger partial charge is 0.220 e. The number of piperidine rings is 1. The van der Waals surface area contributed by atoms with Crippen molar-refractivity contribution in [2.75, 3.05) is 39.3 Å². The lowest BCUT2D eigenvalue weighted by Gasteiger charge is -2.34. The number of pyridine rings is 1. The first-order valence-corrected chi connectivity index (χ1v) is 9.36. The first kappa shape index (κ1) is 20.1. The number of anilines is 1. The van der Waals surface area contributed by atoms with Crippen molar-refractivity contribution in [2.24, 2.45) is 11.7 Å². The van der Waals surface area contributed by atoms with Gasteiger partial charge in [-0.3, -0.25) is 9.78 Å². The molecule has 0 aliphatic carbocycles. The Labute approximate surface area is 169 Å². The fourth-order valence-electron chi connectivity index (χ4n) is 3.59. The van der Waals surface area contributed by atoms with Crippen molar-refractivity contribution in [2.45, 2.75) is 12.8 Å². The van der Waals surface area contributed by atoms with Crippen LogP contribution in [0.2, 0.25) is 5.02 Å². The van der Waals surface area contributed by atoms with Gasteiger partial charge in [-0.05, 0) is 30.5 Å². The Kier molecular flexibility index (Phi) is 6.14. The quantitative estimate of drug-likeness (QED) is 0.794. The van der Waals surface area contributed by atoms with Crippen LogP contribution in [0, 0.1) is 5.92 Å². The van der Waals surface area contributed by atoms with Gasteiger partial charge in [0.2, 0.25) is 11.7 Å². The molecule has 1 fully saturated rings. The maximum absolute atomic E-state index is 11.5. The van der Waals surface area contributed by atoms with E-state index in [1.165, 1.54) is 0 Å².